The van der Waals surface area contributed by atoms with Crippen molar-refractivity contribution in [2.24, 2.45) is 0 Å². The molecule has 100 valence electrons. The zero-order valence-corrected chi connectivity index (χ0v) is 11.9. The lowest BCUT2D eigenvalue weighted by Crippen LogP contribution is -2.15. The van der Waals surface area contributed by atoms with Crippen LogP contribution in [0.25, 0.3) is 5.69 Å². The fourth-order valence-corrected chi connectivity index (χ4v) is 2.39. The Morgan fingerprint density at radius 1 is 1.26 bits per heavy atom. The molecule has 1 saturated carbocycles. The summed E-state index contributed by atoms with van der Waals surface area (Å²) in [6.45, 7) is 7.32. The zero-order chi connectivity index (χ0) is 13.4. The van der Waals surface area contributed by atoms with Gasteiger partial charge in [-0.3, -0.25) is 0 Å². The second-order valence-corrected chi connectivity index (χ2v) is 5.56. The van der Waals surface area contributed by atoms with Gasteiger partial charge in [0.1, 0.15) is 0 Å². The van der Waals surface area contributed by atoms with E-state index < -0.39 is 0 Å². The highest BCUT2D eigenvalue weighted by Crippen LogP contribution is 2.21. The van der Waals surface area contributed by atoms with Crippen molar-refractivity contribution in [3.63, 3.8) is 0 Å². The SMILES string of the molecule is Cc1cc(CNC2CC2)ccc1-n1cnc(C)c1C. The maximum atomic E-state index is 4.37. The van der Waals surface area contributed by atoms with Crippen LogP contribution in [-0.2, 0) is 6.54 Å². The van der Waals surface area contributed by atoms with E-state index in [2.05, 4.69) is 53.8 Å². The summed E-state index contributed by atoms with van der Waals surface area (Å²) in [6.07, 6.45) is 4.59. The summed E-state index contributed by atoms with van der Waals surface area (Å²) in [7, 11) is 0. The number of benzene rings is 1. The Balaban J connectivity index is 1.84. The average Bonchev–Trinajstić information content (AvgIpc) is 3.16. The number of hydrogen-bond donors (Lipinski definition) is 1. The summed E-state index contributed by atoms with van der Waals surface area (Å²) in [5.74, 6) is 0. The molecule has 0 saturated heterocycles. The number of hydrogen-bond acceptors (Lipinski definition) is 2. The van der Waals surface area contributed by atoms with Crippen molar-refractivity contribution >= 4 is 0 Å². The topological polar surface area (TPSA) is 29.9 Å². The Kier molecular flexibility index (Phi) is 3.15. The molecule has 19 heavy (non-hydrogen) atoms. The van der Waals surface area contributed by atoms with Crippen LogP contribution in [0.5, 0.6) is 0 Å². The van der Waals surface area contributed by atoms with Gasteiger partial charge in [0.05, 0.1) is 12.0 Å². The summed E-state index contributed by atoms with van der Waals surface area (Å²) in [5.41, 5.74) is 6.21. The predicted octanol–water partition coefficient (Wildman–Crippen LogP) is 3.05. The molecule has 0 atom stereocenters. The van der Waals surface area contributed by atoms with Crippen LogP contribution in [0.15, 0.2) is 24.5 Å². The van der Waals surface area contributed by atoms with Crippen molar-refractivity contribution in [2.75, 3.05) is 0 Å². The van der Waals surface area contributed by atoms with Gasteiger partial charge in [-0.05, 0) is 50.8 Å². The van der Waals surface area contributed by atoms with Crippen molar-refractivity contribution < 1.29 is 0 Å². The van der Waals surface area contributed by atoms with Crippen LogP contribution in [0.3, 0.4) is 0 Å². The van der Waals surface area contributed by atoms with Gasteiger partial charge in [-0.15, -0.1) is 0 Å². The van der Waals surface area contributed by atoms with Crippen LogP contribution in [0, 0.1) is 20.8 Å². The van der Waals surface area contributed by atoms with Crippen LogP contribution in [-0.4, -0.2) is 15.6 Å². The number of imidazole rings is 1. The Hall–Kier alpha value is -1.61. The Labute approximate surface area is 114 Å². The molecule has 1 fully saturated rings. The van der Waals surface area contributed by atoms with E-state index in [9.17, 15) is 0 Å². The van der Waals surface area contributed by atoms with E-state index >= 15 is 0 Å². The number of aryl methyl sites for hydroxylation is 2. The van der Waals surface area contributed by atoms with Crippen molar-refractivity contribution in [2.45, 2.75) is 46.2 Å². The molecule has 1 heterocycles. The molecule has 3 heteroatoms. The molecule has 0 radical (unpaired) electrons. The molecule has 0 aliphatic heterocycles. The van der Waals surface area contributed by atoms with Crippen molar-refractivity contribution in [1.29, 1.82) is 0 Å². The third-order valence-electron chi connectivity index (χ3n) is 3.94. The molecule has 1 aromatic carbocycles. The normalized spacial score (nSPS) is 14.9. The molecule has 0 unspecified atom stereocenters. The minimum atomic E-state index is 0.763. The van der Waals surface area contributed by atoms with E-state index in [1.807, 2.05) is 6.33 Å². The first kappa shape index (κ1) is 12.4. The fraction of sp³-hybridized carbons (Fsp3) is 0.438. The van der Waals surface area contributed by atoms with E-state index in [-0.39, 0.29) is 0 Å². The monoisotopic (exact) mass is 255 g/mol. The van der Waals surface area contributed by atoms with E-state index in [0.717, 1.165) is 18.3 Å². The maximum absolute atomic E-state index is 4.37. The summed E-state index contributed by atoms with van der Waals surface area (Å²) in [4.78, 5) is 4.37. The Bertz CT molecular complexity index is 594. The van der Waals surface area contributed by atoms with Crippen molar-refractivity contribution in [3.05, 3.63) is 47.0 Å². The van der Waals surface area contributed by atoms with E-state index in [0.29, 0.717) is 0 Å². The zero-order valence-electron chi connectivity index (χ0n) is 11.9. The van der Waals surface area contributed by atoms with Gasteiger partial charge in [0.25, 0.3) is 0 Å². The fourth-order valence-electron chi connectivity index (χ4n) is 2.39. The first-order chi connectivity index (χ1) is 9.15. The van der Waals surface area contributed by atoms with Crippen molar-refractivity contribution in [3.8, 4) is 5.69 Å². The first-order valence-corrected chi connectivity index (χ1v) is 6.99. The van der Waals surface area contributed by atoms with Gasteiger partial charge in [-0.2, -0.15) is 0 Å². The van der Waals surface area contributed by atoms with Crippen LogP contribution in [0.2, 0.25) is 0 Å². The van der Waals surface area contributed by atoms with Gasteiger partial charge >= 0.3 is 0 Å². The van der Waals surface area contributed by atoms with Crippen LogP contribution in [0.1, 0.15) is 35.4 Å². The molecule has 0 spiro atoms. The van der Waals surface area contributed by atoms with Gasteiger partial charge in [0.15, 0.2) is 0 Å². The standard InChI is InChI=1S/C16H21N3/c1-11-8-14(9-17-15-5-6-15)4-7-16(11)19-10-18-12(2)13(19)3/h4,7-8,10,15,17H,5-6,9H2,1-3H3. The highest BCUT2D eigenvalue weighted by atomic mass is 15.1. The smallest absolute Gasteiger partial charge is 0.0997 e. The molecule has 1 aliphatic carbocycles. The third kappa shape index (κ3) is 2.56. The summed E-state index contributed by atoms with van der Waals surface area (Å²) in [5, 5.41) is 3.56. The van der Waals surface area contributed by atoms with Crippen LogP contribution in [0.4, 0.5) is 0 Å². The van der Waals surface area contributed by atoms with Crippen LogP contribution >= 0.6 is 0 Å². The van der Waals surface area contributed by atoms with Gasteiger partial charge < -0.3 is 9.88 Å². The molecule has 0 bridgehead atoms. The minimum Gasteiger partial charge on any atom is -0.310 e. The molecule has 1 aliphatic rings. The Morgan fingerprint density at radius 3 is 2.63 bits per heavy atom. The maximum Gasteiger partial charge on any atom is 0.0997 e. The van der Waals surface area contributed by atoms with E-state index in [1.54, 1.807) is 0 Å². The van der Waals surface area contributed by atoms with Gasteiger partial charge in [-0.25, -0.2) is 4.98 Å². The largest absolute Gasteiger partial charge is 0.310 e. The summed E-state index contributed by atoms with van der Waals surface area (Å²) >= 11 is 0. The van der Waals surface area contributed by atoms with Gasteiger partial charge in [0.2, 0.25) is 0 Å². The molecular weight excluding hydrogens is 234 g/mol. The number of nitrogens with zero attached hydrogens (tertiary/aromatic N) is 2. The summed E-state index contributed by atoms with van der Waals surface area (Å²) < 4.78 is 2.17. The van der Waals surface area contributed by atoms with Gasteiger partial charge in [0, 0.05) is 24.0 Å². The second-order valence-electron chi connectivity index (χ2n) is 5.56. The average molecular weight is 255 g/mol. The summed E-state index contributed by atoms with van der Waals surface area (Å²) in [6, 6.07) is 7.46. The third-order valence-corrected chi connectivity index (χ3v) is 3.94. The lowest BCUT2D eigenvalue weighted by atomic mass is 10.1. The number of nitrogens with one attached hydrogen (secondary N) is 1. The molecule has 3 nitrogen and oxygen atoms in total. The highest BCUT2D eigenvalue weighted by molar-refractivity contribution is 5.44. The number of aromatic nitrogens is 2. The molecule has 1 aromatic heterocycles. The Morgan fingerprint density at radius 2 is 2.05 bits per heavy atom. The van der Waals surface area contributed by atoms with Crippen molar-refractivity contribution in [1.82, 2.24) is 14.9 Å². The molecule has 1 N–H and O–H groups in total. The highest BCUT2D eigenvalue weighted by Gasteiger charge is 2.20. The molecular formula is C16H21N3. The molecule has 2 aromatic rings. The minimum absolute atomic E-state index is 0.763. The first-order valence-electron chi connectivity index (χ1n) is 6.99. The van der Waals surface area contributed by atoms with Gasteiger partial charge in [-0.1, -0.05) is 12.1 Å². The van der Waals surface area contributed by atoms with E-state index in [4.69, 9.17) is 0 Å². The number of rotatable bonds is 4. The predicted molar refractivity (Wildman–Crippen MR) is 77.6 cm³/mol. The molecule has 3 rings (SSSR count). The molecule has 0 amide bonds. The second kappa shape index (κ2) is 4.82. The lowest BCUT2D eigenvalue weighted by Gasteiger charge is -2.11. The van der Waals surface area contributed by atoms with Crippen LogP contribution < -0.4 is 5.32 Å². The lowest BCUT2D eigenvalue weighted by molar-refractivity contribution is 0.687. The van der Waals surface area contributed by atoms with E-state index in [1.165, 1.54) is 35.3 Å². The quantitative estimate of drug-likeness (QED) is 0.910.